The first-order chi connectivity index (χ1) is 14.0. The molecule has 0 aliphatic carbocycles. The lowest BCUT2D eigenvalue weighted by molar-refractivity contribution is -0.119. The highest BCUT2D eigenvalue weighted by atomic mass is 32.1. The van der Waals surface area contributed by atoms with Crippen molar-refractivity contribution in [1.29, 1.82) is 0 Å². The van der Waals surface area contributed by atoms with Crippen molar-refractivity contribution in [2.24, 2.45) is 11.5 Å². The minimum atomic E-state index is -1.13. The first-order valence-electron chi connectivity index (χ1n) is 8.76. The Hall–Kier alpha value is -3.50. The number of rotatable bonds is 6. The van der Waals surface area contributed by atoms with E-state index in [-0.39, 0.29) is 12.1 Å². The van der Waals surface area contributed by atoms with Crippen molar-refractivity contribution in [1.82, 2.24) is 9.97 Å². The first-order valence-corrected chi connectivity index (χ1v) is 9.64. The van der Waals surface area contributed by atoms with Crippen LogP contribution in [-0.4, -0.2) is 27.0 Å². The van der Waals surface area contributed by atoms with E-state index < -0.39 is 24.1 Å². The van der Waals surface area contributed by atoms with Crippen molar-refractivity contribution >= 4 is 34.7 Å². The molecule has 2 unspecified atom stereocenters. The molecule has 0 bridgehead atoms. The number of nitrogens with zero attached hydrogens (tertiary/aromatic N) is 3. The Morgan fingerprint density at radius 1 is 1.24 bits per heavy atom. The third-order valence-electron chi connectivity index (χ3n) is 4.74. The standard InChI is InChI=1S/C19H18N6O3S/c20-9-12-10(3-1-6-22-12)14(16(21)26)25-15-11(19(27)28)5-7-23-17(15)24-18(25)13-4-2-8-29-13/h1-8,14,18H,9,20H2,(H2,21,26)(H,23,24)(H,27,28). The number of nitrogens with two attached hydrogens (primary N) is 2. The van der Waals surface area contributed by atoms with Crippen molar-refractivity contribution < 1.29 is 14.7 Å². The molecule has 9 nitrogen and oxygen atoms in total. The van der Waals surface area contributed by atoms with E-state index in [0.29, 0.717) is 22.8 Å². The molecule has 1 aliphatic heterocycles. The molecule has 0 fully saturated rings. The summed E-state index contributed by atoms with van der Waals surface area (Å²) < 4.78 is 0. The summed E-state index contributed by atoms with van der Waals surface area (Å²) in [6, 6.07) is 7.60. The second kappa shape index (κ2) is 7.49. The van der Waals surface area contributed by atoms with E-state index in [1.54, 1.807) is 23.2 Å². The van der Waals surface area contributed by atoms with Gasteiger partial charge in [-0.3, -0.25) is 9.78 Å². The molecule has 0 spiro atoms. The highest BCUT2D eigenvalue weighted by molar-refractivity contribution is 7.10. The Labute approximate surface area is 170 Å². The van der Waals surface area contributed by atoms with Gasteiger partial charge < -0.3 is 26.8 Å². The van der Waals surface area contributed by atoms with E-state index in [1.165, 1.54) is 23.6 Å². The van der Waals surface area contributed by atoms with Gasteiger partial charge in [-0.25, -0.2) is 9.78 Å². The number of nitrogens with one attached hydrogen (secondary N) is 1. The van der Waals surface area contributed by atoms with E-state index in [0.717, 1.165) is 4.88 Å². The van der Waals surface area contributed by atoms with Gasteiger partial charge in [-0.15, -0.1) is 11.3 Å². The maximum Gasteiger partial charge on any atom is 0.338 e. The molecule has 2 atom stereocenters. The summed E-state index contributed by atoms with van der Waals surface area (Å²) >= 11 is 1.47. The number of primary amides is 1. The molecule has 0 aromatic carbocycles. The molecule has 0 saturated heterocycles. The molecular formula is C19H18N6O3S. The summed E-state index contributed by atoms with van der Waals surface area (Å²) in [5, 5.41) is 14.9. The van der Waals surface area contributed by atoms with Crippen LogP contribution in [0.15, 0.2) is 48.1 Å². The number of hydrogen-bond donors (Lipinski definition) is 4. The van der Waals surface area contributed by atoms with Crippen LogP contribution in [0.5, 0.6) is 0 Å². The quantitative estimate of drug-likeness (QED) is 0.481. The molecule has 0 saturated carbocycles. The van der Waals surface area contributed by atoms with Crippen LogP contribution in [0.1, 0.15) is 38.7 Å². The molecule has 6 N–H and O–H groups in total. The van der Waals surface area contributed by atoms with Crippen molar-refractivity contribution in [2.75, 3.05) is 10.2 Å². The van der Waals surface area contributed by atoms with Crippen LogP contribution in [0, 0.1) is 0 Å². The molecular weight excluding hydrogens is 392 g/mol. The topological polar surface area (TPSA) is 147 Å². The SMILES string of the molecule is NCc1ncccc1C(C(N)=O)N1c2c(C(=O)O)ccnc2NC1c1cccs1. The highest BCUT2D eigenvalue weighted by Gasteiger charge is 2.42. The summed E-state index contributed by atoms with van der Waals surface area (Å²) in [5.74, 6) is -1.41. The molecule has 0 radical (unpaired) electrons. The second-order valence-corrected chi connectivity index (χ2v) is 7.36. The van der Waals surface area contributed by atoms with Gasteiger partial charge in [-0.2, -0.15) is 0 Å². The van der Waals surface area contributed by atoms with E-state index >= 15 is 0 Å². The fraction of sp³-hybridized carbons (Fsp3) is 0.158. The number of aromatic carboxylic acids is 1. The third kappa shape index (κ3) is 3.18. The number of hydrogen-bond acceptors (Lipinski definition) is 8. The van der Waals surface area contributed by atoms with Gasteiger partial charge in [-0.1, -0.05) is 12.1 Å². The lowest BCUT2D eigenvalue weighted by Crippen LogP contribution is -2.41. The Morgan fingerprint density at radius 3 is 2.72 bits per heavy atom. The predicted molar refractivity (Wildman–Crippen MR) is 108 cm³/mol. The van der Waals surface area contributed by atoms with Gasteiger partial charge in [-0.05, 0) is 23.6 Å². The number of carbonyl (C=O) groups excluding carboxylic acids is 1. The Morgan fingerprint density at radius 2 is 2.07 bits per heavy atom. The largest absolute Gasteiger partial charge is 0.478 e. The van der Waals surface area contributed by atoms with Crippen molar-refractivity contribution in [3.63, 3.8) is 0 Å². The number of carboxylic acids is 1. The number of aromatic nitrogens is 2. The monoisotopic (exact) mass is 410 g/mol. The maximum atomic E-state index is 12.7. The zero-order chi connectivity index (χ0) is 20.5. The van der Waals surface area contributed by atoms with Gasteiger partial charge in [0.15, 0.2) is 5.82 Å². The van der Waals surface area contributed by atoms with Crippen LogP contribution in [0.2, 0.25) is 0 Å². The molecule has 10 heteroatoms. The molecule has 3 aromatic heterocycles. The fourth-order valence-electron chi connectivity index (χ4n) is 3.57. The van der Waals surface area contributed by atoms with Crippen LogP contribution in [0.4, 0.5) is 11.5 Å². The lowest BCUT2D eigenvalue weighted by Gasteiger charge is -2.33. The number of pyridine rings is 2. The molecule has 3 aromatic rings. The predicted octanol–water partition coefficient (Wildman–Crippen LogP) is 1.85. The molecule has 1 amide bonds. The van der Waals surface area contributed by atoms with Crippen LogP contribution in [-0.2, 0) is 11.3 Å². The van der Waals surface area contributed by atoms with Gasteiger partial charge in [0.1, 0.15) is 12.2 Å². The Balaban J connectivity index is 1.96. The minimum Gasteiger partial charge on any atom is -0.478 e. The highest BCUT2D eigenvalue weighted by Crippen LogP contribution is 2.48. The first kappa shape index (κ1) is 18.8. The normalized spacial score (nSPS) is 16.2. The Kier molecular flexibility index (Phi) is 4.87. The number of anilines is 2. The zero-order valence-electron chi connectivity index (χ0n) is 15.1. The summed E-state index contributed by atoms with van der Waals surface area (Å²) in [5.41, 5.74) is 13.0. The molecule has 4 heterocycles. The Bertz CT molecular complexity index is 1070. The summed E-state index contributed by atoms with van der Waals surface area (Å²) in [6.45, 7) is 0.108. The van der Waals surface area contributed by atoms with Crippen LogP contribution in [0.25, 0.3) is 0 Å². The number of carbonyl (C=O) groups is 2. The van der Waals surface area contributed by atoms with Crippen molar-refractivity contribution in [3.05, 3.63) is 69.8 Å². The van der Waals surface area contributed by atoms with Crippen molar-refractivity contribution in [3.8, 4) is 0 Å². The fourth-order valence-corrected chi connectivity index (χ4v) is 4.34. The molecule has 148 valence electrons. The average Bonchev–Trinajstić information content (AvgIpc) is 3.36. The maximum absolute atomic E-state index is 12.7. The zero-order valence-corrected chi connectivity index (χ0v) is 16.0. The lowest BCUT2D eigenvalue weighted by atomic mass is 10.0. The van der Waals surface area contributed by atoms with Gasteiger partial charge in [0.05, 0.1) is 16.9 Å². The molecule has 4 rings (SSSR count). The summed E-state index contributed by atoms with van der Waals surface area (Å²) in [4.78, 5) is 35.7. The van der Waals surface area contributed by atoms with E-state index in [4.69, 9.17) is 11.5 Å². The van der Waals surface area contributed by atoms with E-state index in [1.807, 2.05) is 17.5 Å². The van der Waals surface area contributed by atoms with E-state index in [2.05, 4.69) is 15.3 Å². The van der Waals surface area contributed by atoms with Gasteiger partial charge in [0, 0.05) is 29.4 Å². The minimum absolute atomic E-state index is 0.0194. The second-order valence-electron chi connectivity index (χ2n) is 6.38. The van der Waals surface area contributed by atoms with E-state index in [9.17, 15) is 14.7 Å². The van der Waals surface area contributed by atoms with Crippen LogP contribution >= 0.6 is 11.3 Å². The van der Waals surface area contributed by atoms with Gasteiger partial charge in [0.2, 0.25) is 5.91 Å². The summed E-state index contributed by atoms with van der Waals surface area (Å²) in [7, 11) is 0. The number of carboxylic acid groups (broad SMARTS) is 1. The number of amides is 1. The van der Waals surface area contributed by atoms with Gasteiger partial charge >= 0.3 is 5.97 Å². The molecule has 1 aliphatic rings. The number of thiophene rings is 1. The third-order valence-corrected chi connectivity index (χ3v) is 5.66. The molecule has 29 heavy (non-hydrogen) atoms. The summed E-state index contributed by atoms with van der Waals surface area (Å²) in [6.07, 6.45) is 2.47. The van der Waals surface area contributed by atoms with Crippen molar-refractivity contribution in [2.45, 2.75) is 18.8 Å². The van der Waals surface area contributed by atoms with Crippen LogP contribution < -0.4 is 21.7 Å². The average molecular weight is 410 g/mol. The smallest absolute Gasteiger partial charge is 0.338 e. The van der Waals surface area contributed by atoms with Gasteiger partial charge in [0.25, 0.3) is 0 Å². The number of fused-ring (bicyclic) bond motifs is 1. The van der Waals surface area contributed by atoms with Crippen LogP contribution in [0.3, 0.4) is 0 Å².